The molecule has 1 rings (SSSR count). The summed E-state index contributed by atoms with van der Waals surface area (Å²) in [6, 6.07) is 2.05. The molecular weight excluding hydrogens is 318 g/mol. The summed E-state index contributed by atoms with van der Waals surface area (Å²) in [5.41, 5.74) is -1.28. The topological polar surface area (TPSA) is 110 Å². The molecule has 0 radical (unpaired) electrons. The maximum absolute atomic E-state index is 12.7. The van der Waals surface area contributed by atoms with E-state index in [1.807, 2.05) is 0 Å². The molecule has 2 N–H and O–H groups in total. The van der Waals surface area contributed by atoms with Gasteiger partial charge in [0, 0.05) is 0 Å². The van der Waals surface area contributed by atoms with E-state index in [4.69, 9.17) is 4.74 Å². The highest BCUT2D eigenvalue weighted by Crippen LogP contribution is 2.22. The fourth-order valence-electron chi connectivity index (χ4n) is 1.63. The largest absolute Gasteiger partial charge is 0.488 e. The quantitative estimate of drug-likeness (QED) is 0.460. The van der Waals surface area contributed by atoms with Crippen LogP contribution in [0.1, 0.15) is 36.7 Å². The van der Waals surface area contributed by atoms with Crippen LogP contribution in [0.5, 0.6) is 5.75 Å². The van der Waals surface area contributed by atoms with Gasteiger partial charge in [0.2, 0.25) is 0 Å². The van der Waals surface area contributed by atoms with E-state index in [-0.39, 0.29) is 16.6 Å². The van der Waals surface area contributed by atoms with Gasteiger partial charge in [0.1, 0.15) is 11.4 Å². The summed E-state index contributed by atoms with van der Waals surface area (Å²) >= 11 is 0. The molecular formula is C12H16BFO7S. The highest BCUT2D eigenvalue weighted by molar-refractivity contribution is 7.81. The number of halogens is 1. The number of carbonyl (C=O) groups excluding carboxylic acids is 1. The Bertz CT molecular complexity index is 679. The summed E-state index contributed by atoms with van der Waals surface area (Å²) < 4.78 is 43.1. The van der Waals surface area contributed by atoms with Crippen LogP contribution in [0.15, 0.2) is 12.1 Å². The maximum Gasteiger partial charge on any atom is 0.488 e. The van der Waals surface area contributed by atoms with Gasteiger partial charge in [-0.3, -0.25) is 0 Å². The molecule has 0 bridgehead atoms. The molecule has 0 unspecified atom stereocenters. The Kier molecular flexibility index (Phi) is 5.21. The van der Waals surface area contributed by atoms with Crippen molar-refractivity contribution in [3.8, 4) is 5.75 Å². The third-order valence-electron chi connectivity index (χ3n) is 2.50. The molecule has 0 aliphatic heterocycles. The first kappa shape index (κ1) is 18.4. The number of ether oxygens (including phenoxy) is 1. The lowest BCUT2D eigenvalue weighted by molar-refractivity contribution is 0.00692. The number of carbonyl (C=O) groups is 1. The molecule has 0 aliphatic carbocycles. The highest BCUT2D eigenvalue weighted by atomic mass is 32.3. The second-order valence-corrected chi connectivity index (χ2v) is 6.49. The zero-order valence-electron chi connectivity index (χ0n) is 12.5. The zero-order valence-corrected chi connectivity index (χ0v) is 13.3. The van der Waals surface area contributed by atoms with E-state index >= 15 is 0 Å². The average Bonchev–Trinajstić information content (AvgIpc) is 2.27. The molecule has 1 aromatic carbocycles. The van der Waals surface area contributed by atoms with E-state index in [0.717, 1.165) is 12.1 Å². The number of hydrogen-bond donors (Lipinski definition) is 2. The van der Waals surface area contributed by atoms with Crippen LogP contribution < -0.4 is 9.65 Å². The van der Waals surface area contributed by atoms with E-state index in [9.17, 15) is 27.1 Å². The van der Waals surface area contributed by atoms with E-state index < -0.39 is 34.9 Å². The molecule has 0 fully saturated rings. The molecule has 0 atom stereocenters. The Hall–Kier alpha value is -1.65. The van der Waals surface area contributed by atoms with Gasteiger partial charge in [0.15, 0.2) is 0 Å². The number of rotatable bonds is 4. The SMILES string of the molecule is Cc1c(OS(=O)(=O)F)cc(C(=O)OC(C)(C)C)cc1B(O)O. The fraction of sp³-hybridized carbons (Fsp3) is 0.417. The molecule has 10 heteroatoms. The van der Waals surface area contributed by atoms with E-state index in [0.29, 0.717) is 0 Å². The fourth-order valence-corrected chi connectivity index (χ4v) is 2.01. The average molecular weight is 334 g/mol. The van der Waals surface area contributed by atoms with E-state index in [1.54, 1.807) is 20.8 Å². The van der Waals surface area contributed by atoms with Crippen molar-refractivity contribution >= 4 is 29.1 Å². The smallest absolute Gasteiger partial charge is 0.456 e. The number of esters is 1. The van der Waals surface area contributed by atoms with Crippen LogP contribution in [0.3, 0.4) is 0 Å². The van der Waals surface area contributed by atoms with Crippen molar-refractivity contribution in [2.45, 2.75) is 33.3 Å². The van der Waals surface area contributed by atoms with Crippen LogP contribution in [0, 0.1) is 6.92 Å². The number of hydrogen-bond acceptors (Lipinski definition) is 7. The van der Waals surface area contributed by atoms with Crippen LogP contribution in [-0.4, -0.2) is 37.2 Å². The highest BCUT2D eigenvalue weighted by Gasteiger charge is 2.25. The first-order valence-corrected chi connectivity index (χ1v) is 7.49. The van der Waals surface area contributed by atoms with Crippen molar-refractivity contribution in [1.82, 2.24) is 0 Å². The van der Waals surface area contributed by atoms with Crippen LogP contribution in [0.4, 0.5) is 3.89 Å². The minimum Gasteiger partial charge on any atom is -0.456 e. The van der Waals surface area contributed by atoms with Gasteiger partial charge in [-0.1, -0.05) is 3.89 Å². The Morgan fingerprint density at radius 1 is 1.27 bits per heavy atom. The first-order valence-electron chi connectivity index (χ1n) is 6.18. The molecule has 0 aliphatic rings. The summed E-state index contributed by atoms with van der Waals surface area (Å²) in [7, 11) is -7.34. The summed E-state index contributed by atoms with van der Waals surface area (Å²) in [6.07, 6.45) is 0. The predicted molar refractivity (Wildman–Crippen MR) is 76.8 cm³/mol. The van der Waals surface area contributed by atoms with Crippen LogP contribution >= 0.6 is 0 Å². The maximum atomic E-state index is 12.7. The predicted octanol–water partition coefficient (Wildman–Crippen LogP) is 0.223. The standard InChI is InChI=1S/C12H16BFO7S/c1-7-9(13(16)17)5-8(11(15)20-12(2,3)4)6-10(7)21-22(14,18)19/h5-6,16-17H,1-4H3. The molecule has 122 valence electrons. The molecule has 7 nitrogen and oxygen atoms in total. The van der Waals surface area contributed by atoms with Gasteiger partial charge in [-0.2, -0.15) is 8.42 Å². The molecule has 0 amide bonds. The van der Waals surface area contributed by atoms with Gasteiger partial charge in [-0.05, 0) is 50.9 Å². The zero-order chi connectivity index (χ0) is 17.3. The first-order chi connectivity index (χ1) is 9.80. The van der Waals surface area contributed by atoms with Crippen molar-refractivity contribution in [2.24, 2.45) is 0 Å². The van der Waals surface area contributed by atoms with Gasteiger partial charge in [0.05, 0.1) is 5.56 Å². The van der Waals surface area contributed by atoms with Crippen molar-refractivity contribution < 1.29 is 36.1 Å². The van der Waals surface area contributed by atoms with Crippen LogP contribution in [0.2, 0.25) is 0 Å². The van der Waals surface area contributed by atoms with Crippen LogP contribution in [0.25, 0.3) is 0 Å². The van der Waals surface area contributed by atoms with Gasteiger partial charge >= 0.3 is 23.6 Å². The molecule has 0 heterocycles. The molecule has 22 heavy (non-hydrogen) atoms. The molecule has 0 spiro atoms. The lowest BCUT2D eigenvalue weighted by atomic mass is 9.76. The van der Waals surface area contributed by atoms with Crippen molar-refractivity contribution in [3.05, 3.63) is 23.3 Å². The minimum absolute atomic E-state index is 0.0384. The monoisotopic (exact) mass is 334 g/mol. The lowest BCUT2D eigenvalue weighted by Crippen LogP contribution is -2.34. The van der Waals surface area contributed by atoms with E-state index in [1.165, 1.54) is 6.92 Å². The number of benzene rings is 1. The lowest BCUT2D eigenvalue weighted by Gasteiger charge is -2.20. The van der Waals surface area contributed by atoms with Crippen LogP contribution in [-0.2, 0) is 15.2 Å². The van der Waals surface area contributed by atoms with Crippen molar-refractivity contribution in [2.75, 3.05) is 0 Å². The Balaban J connectivity index is 3.38. The van der Waals surface area contributed by atoms with Crippen molar-refractivity contribution in [3.63, 3.8) is 0 Å². The van der Waals surface area contributed by atoms with Crippen molar-refractivity contribution in [1.29, 1.82) is 0 Å². The second kappa shape index (κ2) is 6.23. The Morgan fingerprint density at radius 2 is 1.82 bits per heavy atom. The molecule has 0 aromatic heterocycles. The molecule has 1 aromatic rings. The van der Waals surface area contributed by atoms with Gasteiger partial charge in [-0.15, -0.1) is 0 Å². The molecule has 0 saturated heterocycles. The third-order valence-corrected chi connectivity index (χ3v) is 2.88. The minimum atomic E-state index is -5.34. The summed E-state index contributed by atoms with van der Waals surface area (Å²) in [4.78, 5) is 12.0. The second-order valence-electron chi connectivity index (χ2n) is 5.54. The molecule has 0 saturated carbocycles. The Labute approximate surface area is 128 Å². The summed E-state index contributed by atoms with van der Waals surface area (Å²) in [5, 5.41) is 18.5. The van der Waals surface area contributed by atoms with Gasteiger partial charge in [-0.25, -0.2) is 4.79 Å². The van der Waals surface area contributed by atoms with E-state index in [2.05, 4.69) is 4.18 Å². The normalized spacial score (nSPS) is 12.0. The summed E-state index contributed by atoms with van der Waals surface area (Å²) in [6.45, 7) is 6.13. The summed E-state index contributed by atoms with van der Waals surface area (Å²) in [5.74, 6) is -1.38. The van der Waals surface area contributed by atoms with Gasteiger partial charge < -0.3 is 19.0 Å². The third kappa shape index (κ3) is 5.28. The van der Waals surface area contributed by atoms with Gasteiger partial charge in [0.25, 0.3) is 0 Å². The Morgan fingerprint density at radius 3 is 2.23 bits per heavy atom.